The molecule has 1 heterocycles. The van der Waals surface area contributed by atoms with Crippen molar-refractivity contribution >= 4 is 27.9 Å². The first-order valence-electron chi connectivity index (χ1n) is 8.98. The fourth-order valence-electron chi connectivity index (χ4n) is 3.49. The molecule has 138 valence electrons. The van der Waals surface area contributed by atoms with Crippen molar-refractivity contribution in [3.63, 3.8) is 0 Å². The van der Waals surface area contributed by atoms with Crippen LogP contribution in [0.25, 0.3) is 0 Å². The Morgan fingerprint density at radius 1 is 0.963 bits per heavy atom. The van der Waals surface area contributed by atoms with E-state index in [1.165, 1.54) is 5.56 Å². The summed E-state index contributed by atoms with van der Waals surface area (Å²) in [6.07, 6.45) is 0. The number of benzene rings is 3. The number of rotatable bonds is 4. The first-order chi connectivity index (χ1) is 13.1. The van der Waals surface area contributed by atoms with Crippen LogP contribution in [-0.2, 0) is 10.8 Å². The molecule has 3 aromatic carbocycles. The SMILES string of the molecule is Cc1ccc2c(c1C)N(CCNc1ccccc1O)c1ccccc1S2=O. The second-order valence-electron chi connectivity index (χ2n) is 6.69. The number of aryl methyl sites for hydroxylation is 1. The minimum Gasteiger partial charge on any atom is -0.506 e. The highest BCUT2D eigenvalue weighted by Gasteiger charge is 2.29. The molecule has 4 nitrogen and oxygen atoms in total. The topological polar surface area (TPSA) is 52.6 Å². The summed E-state index contributed by atoms with van der Waals surface area (Å²) in [6, 6.07) is 19.1. The van der Waals surface area contributed by atoms with E-state index >= 15 is 0 Å². The largest absolute Gasteiger partial charge is 0.506 e. The van der Waals surface area contributed by atoms with Crippen LogP contribution >= 0.6 is 0 Å². The van der Waals surface area contributed by atoms with E-state index in [2.05, 4.69) is 24.1 Å². The van der Waals surface area contributed by atoms with E-state index in [1.807, 2.05) is 48.5 Å². The smallest absolute Gasteiger partial charge is 0.138 e. The van der Waals surface area contributed by atoms with Crippen LogP contribution in [0.4, 0.5) is 17.1 Å². The van der Waals surface area contributed by atoms with Crippen LogP contribution in [0, 0.1) is 13.8 Å². The number of phenolic OH excluding ortho intramolecular Hbond substituents is 1. The van der Waals surface area contributed by atoms with Gasteiger partial charge in [0.25, 0.3) is 0 Å². The first kappa shape index (κ1) is 17.6. The molecule has 5 heteroatoms. The summed E-state index contributed by atoms with van der Waals surface area (Å²) in [5, 5.41) is 13.3. The van der Waals surface area contributed by atoms with Crippen molar-refractivity contribution in [2.75, 3.05) is 23.3 Å². The fraction of sp³-hybridized carbons (Fsp3) is 0.182. The molecule has 0 saturated carbocycles. The van der Waals surface area contributed by atoms with Crippen molar-refractivity contribution in [1.82, 2.24) is 0 Å². The second kappa shape index (κ2) is 7.08. The van der Waals surface area contributed by atoms with Gasteiger partial charge in [-0.1, -0.05) is 30.3 Å². The van der Waals surface area contributed by atoms with Crippen LogP contribution in [-0.4, -0.2) is 22.4 Å². The Bertz CT molecular complexity index is 1030. The van der Waals surface area contributed by atoms with Gasteiger partial charge >= 0.3 is 0 Å². The normalized spacial score (nSPS) is 15.2. The molecule has 0 amide bonds. The maximum absolute atomic E-state index is 13.1. The average Bonchev–Trinajstić information content (AvgIpc) is 2.68. The summed E-state index contributed by atoms with van der Waals surface area (Å²) < 4.78 is 13.1. The number of hydrogen-bond acceptors (Lipinski definition) is 4. The number of aromatic hydroxyl groups is 1. The van der Waals surface area contributed by atoms with Gasteiger partial charge in [0.15, 0.2) is 0 Å². The summed E-state index contributed by atoms with van der Waals surface area (Å²) >= 11 is 0. The van der Waals surface area contributed by atoms with Crippen LogP contribution in [0.2, 0.25) is 0 Å². The molecule has 0 fully saturated rings. The number of nitrogens with zero attached hydrogens (tertiary/aromatic N) is 1. The molecular weight excluding hydrogens is 356 g/mol. The molecular formula is C22H22N2O2S. The van der Waals surface area contributed by atoms with Gasteiger partial charge in [0.2, 0.25) is 0 Å². The zero-order valence-corrected chi connectivity index (χ0v) is 16.2. The summed E-state index contributed by atoms with van der Waals surface area (Å²) in [6.45, 7) is 5.51. The number of phenols is 1. The van der Waals surface area contributed by atoms with Gasteiger partial charge in [-0.2, -0.15) is 0 Å². The van der Waals surface area contributed by atoms with E-state index in [4.69, 9.17) is 0 Å². The van der Waals surface area contributed by atoms with E-state index in [-0.39, 0.29) is 5.75 Å². The molecule has 1 aliphatic heterocycles. The van der Waals surface area contributed by atoms with Crippen molar-refractivity contribution in [3.8, 4) is 5.75 Å². The molecule has 0 saturated heterocycles. The lowest BCUT2D eigenvalue weighted by Crippen LogP contribution is -2.30. The lowest BCUT2D eigenvalue weighted by atomic mass is 10.1. The van der Waals surface area contributed by atoms with Gasteiger partial charge in [-0.3, -0.25) is 0 Å². The Balaban J connectivity index is 1.70. The Morgan fingerprint density at radius 2 is 1.70 bits per heavy atom. The van der Waals surface area contributed by atoms with Crippen molar-refractivity contribution < 1.29 is 9.32 Å². The van der Waals surface area contributed by atoms with Crippen molar-refractivity contribution in [2.45, 2.75) is 23.6 Å². The van der Waals surface area contributed by atoms with Crippen molar-refractivity contribution in [1.29, 1.82) is 0 Å². The third-order valence-corrected chi connectivity index (χ3v) is 6.52. The van der Waals surface area contributed by atoms with Crippen molar-refractivity contribution in [2.24, 2.45) is 0 Å². The van der Waals surface area contributed by atoms with E-state index in [1.54, 1.807) is 12.1 Å². The molecule has 0 aromatic heterocycles. The number of para-hydroxylation sites is 3. The number of hydrogen-bond donors (Lipinski definition) is 2. The molecule has 3 aromatic rings. The van der Waals surface area contributed by atoms with Gasteiger partial charge in [-0.25, -0.2) is 4.21 Å². The molecule has 1 atom stereocenters. The summed E-state index contributed by atoms with van der Waals surface area (Å²) in [5.41, 5.74) is 5.07. The quantitative estimate of drug-likeness (QED) is 0.644. The Morgan fingerprint density at radius 3 is 2.52 bits per heavy atom. The maximum atomic E-state index is 13.1. The Kier molecular flexibility index (Phi) is 4.62. The molecule has 0 aliphatic carbocycles. The lowest BCUT2D eigenvalue weighted by Gasteiger charge is -2.34. The van der Waals surface area contributed by atoms with E-state index in [9.17, 15) is 9.32 Å². The third kappa shape index (κ3) is 3.08. The molecule has 1 unspecified atom stereocenters. The van der Waals surface area contributed by atoms with Gasteiger partial charge in [-0.05, 0) is 55.3 Å². The number of nitrogens with one attached hydrogen (secondary N) is 1. The molecule has 4 rings (SSSR count). The average molecular weight is 378 g/mol. The molecule has 1 aliphatic rings. The molecule has 0 radical (unpaired) electrons. The van der Waals surface area contributed by atoms with Gasteiger partial charge < -0.3 is 15.3 Å². The van der Waals surface area contributed by atoms with E-state index in [0.717, 1.165) is 26.7 Å². The maximum Gasteiger partial charge on any atom is 0.138 e. The fourth-order valence-corrected chi connectivity index (χ4v) is 4.93. The van der Waals surface area contributed by atoms with Gasteiger partial charge in [0, 0.05) is 13.1 Å². The predicted octanol–water partition coefficient (Wildman–Crippen LogP) is 4.74. The monoisotopic (exact) mass is 378 g/mol. The van der Waals surface area contributed by atoms with E-state index < -0.39 is 10.8 Å². The Labute approximate surface area is 161 Å². The first-order valence-corrected chi connectivity index (χ1v) is 10.1. The highest BCUT2D eigenvalue weighted by molar-refractivity contribution is 7.85. The lowest BCUT2D eigenvalue weighted by molar-refractivity contribution is 0.477. The molecule has 27 heavy (non-hydrogen) atoms. The molecule has 0 bridgehead atoms. The van der Waals surface area contributed by atoms with Gasteiger partial charge in [-0.15, -0.1) is 0 Å². The highest BCUT2D eigenvalue weighted by atomic mass is 32.2. The molecule has 2 N–H and O–H groups in total. The Hall–Kier alpha value is -2.79. The second-order valence-corrected chi connectivity index (χ2v) is 8.10. The van der Waals surface area contributed by atoms with Gasteiger partial charge in [0.05, 0.1) is 37.7 Å². The van der Waals surface area contributed by atoms with Gasteiger partial charge in [0.1, 0.15) is 5.75 Å². The third-order valence-electron chi connectivity index (χ3n) is 5.05. The summed E-state index contributed by atoms with van der Waals surface area (Å²) in [7, 11) is -1.18. The minimum absolute atomic E-state index is 0.241. The van der Waals surface area contributed by atoms with Crippen molar-refractivity contribution in [3.05, 3.63) is 71.8 Å². The van der Waals surface area contributed by atoms with Crippen LogP contribution in [0.3, 0.4) is 0 Å². The molecule has 0 spiro atoms. The summed E-state index contributed by atoms with van der Waals surface area (Å²) in [5.74, 6) is 0.241. The van der Waals surface area contributed by atoms with Crippen LogP contribution < -0.4 is 10.2 Å². The number of fused-ring (bicyclic) bond motifs is 2. The standard InChI is InChI=1S/C22H22N2O2S/c1-15-11-12-21-22(16(15)2)24(18-8-4-6-10-20(18)27(21)26)14-13-23-17-7-3-5-9-19(17)25/h3-12,23,25H,13-14H2,1-2H3. The minimum atomic E-state index is -1.18. The predicted molar refractivity (Wildman–Crippen MR) is 111 cm³/mol. The van der Waals surface area contributed by atoms with Crippen LogP contribution in [0.5, 0.6) is 5.75 Å². The van der Waals surface area contributed by atoms with Crippen LogP contribution in [0.1, 0.15) is 11.1 Å². The zero-order valence-electron chi connectivity index (χ0n) is 15.4. The van der Waals surface area contributed by atoms with Crippen LogP contribution in [0.15, 0.2) is 70.5 Å². The number of anilines is 3. The van der Waals surface area contributed by atoms with E-state index in [0.29, 0.717) is 18.8 Å². The highest BCUT2D eigenvalue weighted by Crippen LogP contribution is 2.44. The zero-order chi connectivity index (χ0) is 19.0. The summed E-state index contributed by atoms with van der Waals surface area (Å²) in [4.78, 5) is 3.94.